The molecule has 28 heavy (non-hydrogen) atoms. The number of amides is 1. The van der Waals surface area contributed by atoms with Crippen LogP contribution in [0.3, 0.4) is 0 Å². The van der Waals surface area contributed by atoms with E-state index in [-0.39, 0.29) is 10.8 Å². The summed E-state index contributed by atoms with van der Waals surface area (Å²) in [6.45, 7) is 0. The van der Waals surface area contributed by atoms with Gasteiger partial charge in [0.2, 0.25) is 0 Å². The lowest BCUT2D eigenvalue weighted by atomic mass is 9.93. The minimum Gasteiger partial charge on any atom is -0.343 e. The van der Waals surface area contributed by atoms with Crippen LogP contribution < -0.4 is 11.1 Å². The molecular formula is C21H19ClN2O3S. The molecule has 0 aliphatic heterocycles. The van der Waals surface area contributed by atoms with Crippen LogP contribution >= 0.6 is 10.7 Å². The van der Waals surface area contributed by atoms with Gasteiger partial charge in [0.25, 0.3) is 15.0 Å². The standard InChI is InChI=1S/C21H19ClN2O3S/c22-28(26,27)18-13-11-17(12-14-18)21(25)24-20(16-9-5-2-6-10-16)19(23)15-7-3-1-4-8-15/h1-14,19-20H,23H2,(H,24,25)/t19-,20-/m1/s1. The van der Waals surface area contributed by atoms with E-state index in [1.807, 2.05) is 60.7 Å². The largest absolute Gasteiger partial charge is 0.343 e. The van der Waals surface area contributed by atoms with Gasteiger partial charge < -0.3 is 11.1 Å². The smallest absolute Gasteiger partial charge is 0.261 e. The minimum atomic E-state index is -3.84. The fraction of sp³-hybridized carbons (Fsp3) is 0.0952. The summed E-state index contributed by atoms with van der Waals surface area (Å²) in [6.07, 6.45) is 0. The highest BCUT2D eigenvalue weighted by Gasteiger charge is 2.24. The zero-order valence-electron chi connectivity index (χ0n) is 14.8. The van der Waals surface area contributed by atoms with Gasteiger partial charge in [-0.1, -0.05) is 60.7 Å². The minimum absolute atomic E-state index is 0.0636. The Balaban J connectivity index is 1.88. The average molecular weight is 415 g/mol. The first-order chi connectivity index (χ1) is 13.4. The van der Waals surface area contributed by atoms with Crippen molar-refractivity contribution in [3.63, 3.8) is 0 Å². The van der Waals surface area contributed by atoms with Crippen molar-refractivity contribution in [2.75, 3.05) is 0 Å². The summed E-state index contributed by atoms with van der Waals surface area (Å²) >= 11 is 0. The van der Waals surface area contributed by atoms with E-state index in [2.05, 4.69) is 5.32 Å². The highest BCUT2D eigenvalue weighted by atomic mass is 35.7. The Morgan fingerprint density at radius 3 is 1.82 bits per heavy atom. The third kappa shape index (κ3) is 4.78. The molecule has 0 fully saturated rings. The van der Waals surface area contributed by atoms with E-state index < -0.39 is 21.1 Å². The predicted molar refractivity (Wildman–Crippen MR) is 110 cm³/mol. The second-order valence-corrected chi connectivity index (χ2v) is 8.83. The molecule has 2 atom stereocenters. The number of carbonyl (C=O) groups excluding carboxylic acids is 1. The number of halogens is 1. The molecule has 0 radical (unpaired) electrons. The predicted octanol–water partition coefficient (Wildman–Crippen LogP) is 3.79. The maximum Gasteiger partial charge on any atom is 0.261 e. The molecule has 7 heteroatoms. The van der Waals surface area contributed by atoms with Gasteiger partial charge in [0, 0.05) is 16.2 Å². The SMILES string of the molecule is N[C@H](c1ccccc1)[C@H](NC(=O)c1ccc(S(=O)(=O)Cl)cc1)c1ccccc1. The summed E-state index contributed by atoms with van der Waals surface area (Å²) in [5.74, 6) is -0.362. The summed E-state index contributed by atoms with van der Waals surface area (Å²) in [7, 11) is 1.48. The van der Waals surface area contributed by atoms with E-state index in [4.69, 9.17) is 16.4 Å². The van der Waals surface area contributed by atoms with Gasteiger partial charge in [-0.15, -0.1) is 0 Å². The topological polar surface area (TPSA) is 89.3 Å². The van der Waals surface area contributed by atoms with Crippen LogP contribution in [-0.4, -0.2) is 14.3 Å². The van der Waals surface area contributed by atoms with E-state index >= 15 is 0 Å². The second kappa shape index (κ2) is 8.56. The van der Waals surface area contributed by atoms with Crippen molar-refractivity contribution in [1.29, 1.82) is 0 Å². The zero-order valence-corrected chi connectivity index (χ0v) is 16.4. The maximum atomic E-state index is 12.8. The molecule has 0 saturated carbocycles. The Bertz CT molecular complexity index is 1040. The van der Waals surface area contributed by atoms with Gasteiger partial charge in [0.15, 0.2) is 0 Å². The van der Waals surface area contributed by atoms with Crippen LogP contribution in [0.4, 0.5) is 0 Å². The number of rotatable bonds is 6. The highest BCUT2D eigenvalue weighted by molar-refractivity contribution is 8.13. The van der Waals surface area contributed by atoms with Crippen molar-refractivity contribution >= 4 is 25.6 Å². The van der Waals surface area contributed by atoms with Crippen LogP contribution in [-0.2, 0) is 9.05 Å². The molecule has 0 spiro atoms. The number of hydrogen-bond acceptors (Lipinski definition) is 4. The average Bonchev–Trinajstić information content (AvgIpc) is 2.72. The fourth-order valence-corrected chi connectivity index (χ4v) is 3.67. The number of benzene rings is 3. The number of nitrogens with one attached hydrogen (secondary N) is 1. The molecule has 144 valence electrons. The zero-order chi connectivity index (χ0) is 20.1. The van der Waals surface area contributed by atoms with Crippen LogP contribution in [0, 0.1) is 0 Å². The van der Waals surface area contributed by atoms with E-state index in [9.17, 15) is 13.2 Å². The lowest BCUT2D eigenvalue weighted by Crippen LogP contribution is -2.36. The quantitative estimate of drug-likeness (QED) is 0.600. The first-order valence-electron chi connectivity index (χ1n) is 8.57. The molecule has 5 nitrogen and oxygen atoms in total. The molecule has 0 aliphatic carbocycles. The van der Waals surface area contributed by atoms with Gasteiger partial charge in [-0.2, -0.15) is 0 Å². The van der Waals surface area contributed by atoms with Crippen molar-refractivity contribution in [3.05, 3.63) is 102 Å². The lowest BCUT2D eigenvalue weighted by Gasteiger charge is -2.26. The van der Waals surface area contributed by atoms with Crippen molar-refractivity contribution < 1.29 is 13.2 Å². The fourth-order valence-electron chi connectivity index (χ4n) is 2.90. The molecule has 3 aromatic carbocycles. The number of nitrogens with two attached hydrogens (primary N) is 1. The molecule has 0 heterocycles. The van der Waals surface area contributed by atoms with Crippen LogP contribution in [0.5, 0.6) is 0 Å². The summed E-state index contributed by atoms with van der Waals surface area (Å²) in [5.41, 5.74) is 8.53. The van der Waals surface area contributed by atoms with Crippen molar-refractivity contribution in [1.82, 2.24) is 5.32 Å². The van der Waals surface area contributed by atoms with E-state index in [1.54, 1.807) is 0 Å². The van der Waals surface area contributed by atoms with Gasteiger partial charge in [-0.05, 0) is 35.4 Å². The number of carbonyl (C=O) groups is 1. The third-order valence-electron chi connectivity index (χ3n) is 4.39. The van der Waals surface area contributed by atoms with Gasteiger partial charge >= 0.3 is 0 Å². The summed E-state index contributed by atoms with van der Waals surface area (Å²) in [5, 5.41) is 2.96. The first-order valence-corrected chi connectivity index (χ1v) is 10.9. The molecule has 3 aromatic rings. The van der Waals surface area contributed by atoms with Crippen LogP contribution in [0.25, 0.3) is 0 Å². The van der Waals surface area contributed by atoms with Gasteiger partial charge in [-0.3, -0.25) is 4.79 Å². The first kappa shape index (κ1) is 20.1. The second-order valence-electron chi connectivity index (χ2n) is 6.26. The van der Waals surface area contributed by atoms with Crippen molar-refractivity contribution in [2.24, 2.45) is 5.73 Å². The monoisotopic (exact) mass is 414 g/mol. The molecular weight excluding hydrogens is 396 g/mol. The van der Waals surface area contributed by atoms with E-state index in [0.717, 1.165) is 11.1 Å². The van der Waals surface area contributed by atoms with Gasteiger partial charge in [0.05, 0.1) is 17.0 Å². The van der Waals surface area contributed by atoms with Gasteiger partial charge in [-0.25, -0.2) is 8.42 Å². The maximum absolute atomic E-state index is 12.8. The highest BCUT2D eigenvalue weighted by Crippen LogP contribution is 2.27. The lowest BCUT2D eigenvalue weighted by molar-refractivity contribution is 0.0930. The Kier molecular flexibility index (Phi) is 6.14. The Morgan fingerprint density at radius 1 is 0.821 bits per heavy atom. The molecule has 3 rings (SSSR count). The molecule has 0 aromatic heterocycles. The van der Waals surface area contributed by atoms with Crippen molar-refractivity contribution in [2.45, 2.75) is 17.0 Å². The summed E-state index contributed by atoms with van der Waals surface area (Å²) in [4.78, 5) is 12.7. The van der Waals surface area contributed by atoms with E-state index in [1.165, 1.54) is 24.3 Å². The molecule has 1 amide bonds. The molecule has 0 bridgehead atoms. The Labute approximate surface area is 168 Å². The van der Waals surface area contributed by atoms with Crippen LogP contribution in [0.15, 0.2) is 89.8 Å². The molecule has 0 aliphatic rings. The van der Waals surface area contributed by atoms with Crippen LogP contribution in [0.2, 0.25) is 0 Å². The number of hydrogen-bond donors (Lipinski definition) is 2. The van der Waals surface area contributed by atoms with Gasteiger partial charge in [0.1, 0.15) is 0 Å². The van der Waals surface area contributed by atoms with E-state index in [0.29, 0.717) is 5.56 Å². The molecule has 3 N–H and O–H groups in total. The molecule has 0 saturated heterocycles. The Morgan fingerprint density at radius 2 is 1.32 bits per heavy atom. The summed E-state index contributed by atoms with van der Waals surface area (Å²) < 4.78 is 22.7. The van der Waals surface area contributed by atoms with Crippen LogP contribution in [0.1, 0.15) is 33.6 Å². The third-order valence-corrected chi connectivity index (χ3v) is 5.76. The Hall–Kier alpha value is -2.67. The van der Waals surface area contributed by atoms with Crippen molar-refractivity contribution in [3.8, 4) is 0 Å². The molecule has 0 unspecified atom stereocenters. The normalized spacial score (nSPS) is 13.5. The summed E-state index contributed by atoms with van der Waals surface area (Å²) in [6, 6.07) is 23.5.